The lowest BCUT2D eigenvalue weighted by Gasteiger charge is -2.32. The minimum Gasteiger partial charge on any atom is -0.477 e. The van der Waals surface area contributed by atoms with Crippen LogP contribution in [0.15, 0.2) is 29.5 Å². The molecule has 1 fully saturated rings. The number of carbonyl (C=O) groups excluding carboxylic acids is 1. The van der Waals surface area contributed by atoms with Gasteiger partial charge in [0.05, 0.1) is 24.6 Å². The largest absolute Gasteiger partial charge is 0.477 e. The fourth-order valence-electron chi connectivity index (χ4n) is 3.22. The first-order chi connectivity index (χ1) is 13.5. The molecule has 0 bridgehead atoms. The summed E-state index contributed by atoms with van der Waals surface area (Å²) >= 11 is 0. The molecule has 0 radical (unpaired) electrons. The van der Waals surface area contributed by atoms with Gasteiger partial charge in [-0.15, -0.1) is 0 Å². The Morgan fingerprint density at radius 2 is 2.21 bits per heavy atom. The molecule has 1 aliphatic rings. The molecular formula is C20H23N5O3. The summed E-state index contributed by atoms with van der Waals surface area (Å²) < 4.78 is 7.08. The van der Waals surface area contributed by atoms with Gasteiger partial charge in [0, 0.05) is 42.5 Å². The van der Waals surface area contributed by atoms with E-state index in [1.165, 1.54) is 10.9 Å². The summed E-state index contributed by atoms with van der Waals surface area (Å²) in [5.41, 5.74) is 1.56. The van der Waals surface area contributed by atoms with Crippen molar-refractivity contribution in [2.24, 2.45) is 5.92 Å². The van der Waals surface area contributed by atoms with Crippen LogP contribution < -0.4 is 10.3 Å². The predicted molar refractivity (Wildman–Crippen MR) is 102 cm³/mol. The third-order valence-electron chi connectivity index (χ3n) is 5.02. The number of pyridine rings is 1. The Kier molecular flexibility index (Phi) is 6.04. The van der Waals surface area contributed by atoms with E-state index in [0.29, 0.717) is 42.4 Å². The van der Waals surface area contributed by atoms with Gasteiger partial charge in [-0.3, -0.25) is 14.2 Å². The summed E-state index contributed by atoms with van der Waals surface area (Å²) in [5.74, 6) is 0.497. The standard InChI is InChI=1S/C20H23N5O3/c1-14-15(2)23-13-25(20(14)27)11-19(26)24-7-3-4-17(10-24)12-28-18-8-16(9-21)5-6-22-18/h5-6,8,13,17H,3-4,7,10-12H2,1-2H3. The number of carbonyl (C=O) groups is 1. The summed E-state index contributed by atoms with van der Waals surface area (Å²) in [4.78, 5) is 35.0. The number of aromatic nitrogens is 3. The third kappa shape index (κ3) is 4.55. The minimum absolute atomic E-state index is 0.00764. The number of nitrogens with zero attached hydrogens (tertiary/aromatic N) is 5. The van der Waals surface area contributed by atoms with Crippen LogP contribution in [0.25, 0.3) is 0 Å². The quantitative estimate of drug-likeness (QED) is 0.777. The predicted octanol–water partition coefficient (Wildman–Crippen LogP) is 1.44. The smallest absolute Gasteiger partial charge is 0.256 e. The molecule has 0 N–H and O–H groups in total. The van der Waals surface area contributed by atoms with Crippen molar-refractivity contribution in [1.29, 1.82) is 5.26 Å². The monoisotopic (exact) mass is 381 g/mol. The zero-order chi connectivity index (χ0) is 20.1. The van der Waals surface area contributed by atoms with Gasteiger partial charge in [0.15, 0.2) is 0 Å². The lowest BCUT2D eigenvalue weighted by Crippen LogP contribution is -2.44. The highest BCUT2D eigenvalue weighted by molar-refractivity contribution is 5.76. The summed E-state index contributed by atoms with van der Waals surface area (Å²) in [5, 5.41) is 8.94. The molecule has 8 heteroatoms. The van der Waals surface area contributed by atoms with Gasteiger partial charge in [0.1, 0.15) is 6.54 Å². The van der Waals surface area contributed by atoms with Crippen LogP contribution in [-0.4, -0.2) is 45.0 Å². The van der Waals surface area contributed by atoms with E-state index in [-0.39, 0.29) is 23.9 Å². The van der Waals surface area contributed by atoms with Crippen LogP contribution >= 0.6 is 0 Å². The molecule has 1 atom stereocenters. The van der Waals surface area contributed by atoms with Gasteiger partial charge in [-0.2, -0.15) is 5.26 Å². The Balaban J connectivity index is 1.58. The Morgan fingerprint density at radius 3 is 3.00 bits per heavy atom. The van der Waals surface area contributed by atoms with E-state index in [9.17, 15) is 9.59 Å². The van der Waals surface area contributed by atoms with Crippen LogP contribution in [0.3, 0.4) is 0 Å². The fraction of sp³-hybridized carbons (Fsp3) is 0.450. The summed E-state index contributed by atoms with van der Waals surface area (Å²) in [6, 6.07) is 5.28. The Bertz CT molecular complexity index is 963. The minimum atomic E-state index is -0.179. The molecule has 146 valence electrons. The van der Waals surface area contributed by atoms with Crippen LogP contribution in [0.5, 0.6) is 5.88 Å². The molecule has 1 aliphatic heterocycles. The summed E-state index contributed by atoms with van der Waals surface area (Å²) in [6.07, 6.45) is 4.80. The van der Waals surface area contributed by atoms with E-state index >= 15 is 0 Å². The molecule has 8 nitrogen and oxygen atoms in total. The number of amides is 1. The summed E-state index contributed by atoms with van der Waals surface area (Å²) in [6.45, 7) is 5.16. The number of aryl methyl sites for hydroxylation is 1. The number of piperidine rings is 1. The van der Waals surface area contributed by atoms with Crippen molar-refractivity contribution in [3.63, 3.8) is 0 Å². The van der Waals surface area contributed by atoms with Crippen molar-refractivity contribution in [2.45, 2.75) is 33.2 Å². The van der Waals surface area contributed by atoms with E-state index < -0.39 is 0 Å². The second kappa shape index (κ2) is 8.65. The van der Waals surface area contributed by atoms with Crippen molar-refractivity contribution >= 4 is 5.91 Å². The maximum Gasteiger partial charge on any atom is 0.256 e. The fourth-order valence-corrected chi connectivity index (χ4v) is 3.22. The van der Waals surface area contributed by atoms with Gasteiger partial charge in [-0.25, -0.2) is 9.97 Å². The van der Waals surface area contributed by atoms with Gasteiger partial charge < -0.3 is 9.64 Å². The molecule has 2 aromatic rings. The number of hydrogen-bond donors (Lipinski definition) is 0. The van der Waals surface area contributed by atoms with Crippen molar-refractivity contribution in [3.05, 3.63) is 51.8 Å². The van der Waals surface area contributed by atoms with E-state index in [2.05, 4.69) is 16.0 Å². The van der Waals surface area contributed by atoms with Gasteiger partial charge in [0.25, 0.3) is 5.56 Å². The second-order valence-electron chi connectivity index (χ2n) is 7.04. The number of ether oxygens (including phenoxy) is 1. The Hall–Kier alpha value is -3.21. The molecule has 2 aromatic heterocycles. The first kappa shape index (κ1) is 19.5. The molecule has 0 saturated carbocycles. The molecule has 0 aliphatic carbocycles. The van der Waals surface area contributed by atoms with Crippen LogP contribution in [-0.2, 0) is 11.3 Å². The lowest BCUT2D eigenvalue weighted by atomic mass is 9.99. The molecule has 3 rings (SSSR count). The van der Waals surface area contributed by atoms with Gasteiger partial charge >= 0.3 is 0 Å². The highest BCUT2D eigenvalue weighted by atomic mass is 16.5. The van der Waals surface area contributed by atoms with E-state index in [1.54, 1.807) is 37.1 Å². The third-order valence-corrected chi connectivity index (χ3v) is 5.02. The highest BCUT2D eigenvalue weighted by Crippen LogP contribution is 2.19. The van der Waals surface area contributed by atoms with Gasteiger partial charge in [-0.05, 0) is 32.8 Å². The molecule has 0 spiro atoms. The maximum absolute atomic E-state index is 12.7. The Labute approximate surface area is 163 Å². The molecular weight excluding hydrogens is 358 g/mol. The number of nitriles is 1. The molecule has 1 unspecified atom stereocenters. The topological polar surface area (TPSA) is 101 Å². The Morgan fingerprint density at radius 1 is 1.39 bits per heavy atom. The van der Waals surface area contributed by atoms with Crippen LogP contribution in [0, 0.1) is 31.1 Å². The number of hydrogen-bond acceptors (Lipinski definition) is 6. The maximum atomic E-state index is 12.7. The second-order valence-corrected chi connectivity index (χ2v) is 7.04. The van der Waals surface area contributed by atoms with Crippen molar-refractivity contribution in [2.75, 3.05) is 19.7 Å². The van der Waals surface area contributed by atoms with Crippen LogP contribution in [0.1, 0.15) is 29.7 Å². The first-order valence-electron chi connectivity index (χ1n) is 9.27. The normalized spacial score (nSPS) is 16.5. The lowest BCUT2D eigenvalue weighted by molar-refractivity contribution is -0.133. The number of rotatable bonds is 5. The van der Waals surface area contributed by atoms with Crippen LogP contribution in [0.4, 0.5) is 0 Å². The summed E-state index contributed by atoms with van der Waals surface area (Å²) in [7, 11) is 0. The first-order valence-corrected chi connectivity index (χ1v) is 9.27. The number of likely N-dealkylation sites (tertiary alicyclic amines) is 1. The SMILES string of the molecule is Cc1ncn(CC(=O)N2CCCC(COc3cc(C#N)ccn3)C2)c(=O)c1C. The molecule has 1 amide bonds. The zero-order valence-electron chi connectivity index (χ0n) is 16.1. The van der Waals surface area contributed by atoms with Gasteiger partial charge in [0.2, 0.25) is 11.8 Å². The van der Waals surface area contributed by atoms with Crippen molar-refractivity contribution < 1.29 is 9.53 Å². The average molecular weight is 381 g/mol. The average Bonchev–Trinajstić information content (AvgIpc) is 2.73. The van der Waals surface area contributed by atoms with Gasteiger partial charge in [-0.1, -0.05) is 0 Å². The van der Waals surface area contributed by atoms with Crippen molar-refractivity contribution in [1.82, 2.24) is 19.4 Å². The molecule has 3 heterocycles. The van der Waals surface area contributed by atoms with E-state index in [0.717, 1.165) is 12.8 Å². The van der Waals surface area contributed by atoms with Crippen LogP contribution in [0.2, 0.25) is 0 Å². The molecule has 0 aromatic carbocycles. The van der Waals surface area contributed by atoms with E-state index in [4.69, 9.17) is 10.00 Å². The van der Waals surface area contributed by atoms with Crippen molar-refractivity contribution in [3.8, 4) is 11.9 Å². The van der Waals surface area contributed by atoms with E-state index in [1.807, 2.05) is 0 Å². The molecule has 1 saturated heterocycles. The molecule has 28 heavy (non-hydrogen) atoms. The highest BCUT2D eigenvalue weighted by Gasteiger charge is 2.24. The zero-order valence-corrected chi connectivity index (χ0v) is 16.1.